The fraction of sp³-hybridized carbons (Fsp3) is 0.312. The van der Waals surface area contributed by atoms with Gasteiger partial charge in [-0.05, 0) is 37.6 Å². The van der Waals surface area contributed by atoms with Crippen LogP contribution in [0.4, 0.5) is 11.5 Å². The summed E-state index contributed by atoms with van der Waals surface area (Å²) in [7, 11) is -3.57. The van der Waals surface area contributed by atoms with Gasteiger partial charge in [0.2, 0.25) is 0 Å². The molecular weight excluding hydrogens is 298 g/mol. The molecule has 5 nitrogen and oxygen atoms in total. The molecule has 0 aliphatic carbocycles. The maximum Gasteiger partial charge on any atom is 0.261 e. The van der Waals surface area contributed by atoms with Gasteiger partial charge in [-0.25, -0.2) is 13.4 Å². The summed E-state index contributed by atoms with van der Waals surface area (Å²) < 4.78 is 27.0. The number of hydrogen-bond donors (Lipinski definition) is 2. The highest BCUT2D eigenvalue weighted by Gasteiger charge is 2.13. The average Bonchev–Trinajstić information content (AvgIpc) is 2.49. The quantitative estimate of drug-likeness (QED) is 0.767. The number of nitrogens with one attached hydrogen (secondary N) is 2. The van der Waals surface area contributed by atoms with Gasteiger partial charge in [-0.1, -0.05) is 31.0 Å². The number of pyridine rings is 1. The van der Waals surface area contributed by atoms with Crippen LogP contribution in [-0.2, 0) is 10.0 Å². The van der Waals surface area contributed by atoms with Gasteiger partial charge in [0.15, 0.2) is 0 Å². The second kappa shape index (κ2) is 7.26. The normalized spacial score (nSPS) is 11.2. The predicted molar refractivity (Wildman–Crippen MR) is 89.6 cm³/mol. The van der Waals surface area contributed by atoms with E-state index in [4.69, 9.17) is 0 Å². The summed E-state index contributed by atoms with van der Waals surface area (Å²) in [6.45, 7) is 4.90. The smallest absolute Gasteiger partial charge is 0.261 e. The molecule has 1 aromatic carbocycles. The molecule has 118 valence electrons. The van der Waals surface area contributed by atoms with Gasteiger partial charge in [-0.3, -0.25) is 4.72 Å². The zero-order valence-electron chi connectivity index (χ0n) is 12.8. The Bertz CT molecular complexity index is 695. The standard InChI is InChI=1S/C16H21N3O2S/c1-3-4-11-17-16-10-7-14(12-18-16)19-22(20,21)15-8-5-13(2)6-9-15/h5-10,12,19H,3-4,11H2,1-2H3,(H,17,18). The summed E-state index contributed by atoms with van der Waals surface area (Å²) in [5.41, 5.74) is 1.46. The summed E-state index contributed by atoms with van der Waals surface area (Å²) in [6.07, 6.45) is 3.70. The van der Waals surface area contributed by atoms with E-state index in [2.05, 4.69) is 21.9 Å². The third-order valence-corrected chi connectivity index (χ3v) is 4.58. The fourth-order valence-corrected chi connectivity index (χ4v) is 2.93. The summed E-state index contributed by atoms with van der Waals surface area (Å²) in [5.74, 6) is 0.742. The minimum atomic E-state index is -3.57. The van der Waals surface area contributed by atoms with E-state index in [1.165, 1.54) is 6.20 Å². The molecule has 2 N–H and O–H groups in total. The molecule has 0 unspecified atom stereocenters. The van der Waals surface area contributed by atoms with Crippen molar-refractivity contribution in [2.75, 3.05) is 16.6 Å². The number of rotatable bonds is 7. The minimum Gasteiger partial charge on any atom is -0.370 e. The van der Waals surface area contributed by atoms with Crippen LogP contribution in [0.5, 0.6) is 0 Å². The van der Waals surface area contributed by atoms with Crippen LogP contribution in [0.3, 0.4) is 0 Å². The zero-order chi connectivity index (χ0) is 16.0. The van der Waals surface area contributed by atoms with Crippen molar-refractivity contribution < 1.29 is 8.42 Å². The van der Waals surface area contributed by atoms with Crippen LogP contribution in [0.25, 0.3) is 0 Å². The van der Waals surface area contributed by atoms with Crippen molar-refractivity contribution in [3.63, 3.8) is 0 Å². The number of unbranched alkanes of at least 4 members (excludes halogenated alkanes) is 1. The monoisotopic (exact) mass is 319 g/mol. The van der Waals surface area contributed by atoms with E-state index in [1.54, 1.807) is 36.4 Å². The summed E-state index contributed by atoms with van der Waals surface area (Å²) in [4.78, 5) is 4.44. The Morgan fingerprint density at radius 1 is 1.09 bits per heavy atom. The lowest BCUT2D eigenvalue weighted by Crippen LogP contribution is -2.13. The molecule has 1 aromatic heterocycles. The van der Waals surface area contributed by atoms with Gasteiger partial charge in [0.05, 0.1) is 16.8 Å². The van der Waals surface area contributed by atoms with Crippen LogP contribution in [-0.4, -0.2) is 19.9 Å². The molecule has 0 fully saturated rings. The van der Waals surface area contributed by atoms with Crippen molar-refractivity contribution in [3.8, 4) is 0 Å². The molecular formula is C16H21N3O2S. The van der Waals surface area contributed by atoms with Crippen molar-refractivity contribution in [3.05, 3.63) is 48.2 Å². The topological polar surface area (TPSA) is 71.1 Å². The molecule has 0 aliphatic rings. The van der Waals surface area contributed by atoms with Gasteiger partial charge in [0.1, 0.15) is 5.82 Å². The van der Waals surface area contributed by atoms with Gasteiger partial charge in [0.25, 0.3) is 10.0 Å². The molecule has 0 atom stereocenters. The van der Waals surface area contributed by atoms with Crippen molar-refractivity contribution >= 4 is 21.5 Å². The summed E-state index contributed by atoms with van der Waals surface area (Å²) in [6, 6.07) is 10.2. The van der Waals surface area contributed by atoms with Crippen molar-refractivity contribution in [1.29, 1.82) is 0 Å². The lowest BCUT2D eigenvalue weighted by atomic mass is 10.2. The van der Waals surface area contributed by atoms with Crippen LogP contribution in [0.2, 0.25) is 0 Å². The number of nitrogens with zero attached hydrogens (tertiary/aromatic N) is 1. The minimum absolute atomic E-state index is 0.239. The van der Waals surface area contributed by atoms with E-state index in [9.17, 15) is 8.42 Å². The van der Waals surface area contributed by atoms with E-state index in [-0.39, 0.29) is 4.90 Å². The Labute approximate surface area is 131 Å². The largest absolute Gasteiger partial charge is 0.370 e. The first-order chi connectivity index (χ1) is 10.5. The molecule has 1 heterocycles. The number of sulfonamides is 1. The lowest BCUT2D eigenvalue weighted by molar-refractivity contribution is 0.601. The Balaban J connectivity index is 2.05. The van der Waals surface area contributed by atoms with Crippen molar-refractivity contribution in [1.82, 2.24) is 4.98 Å². The second-order valence-electron chi connectivity index (χ2n) is 5.13. The molecule has 22 heavy (non-hydrogen) atoms. The molecule has 0 saturated carbocycles. The Morgan fingerprint density at radius 2 is 1.82 bits per heavy atom. The summed E-state index contributed by atoms with van der Waals surface area (Å²) in [5, 5.41) is 3.19. The van der Waals surface area contributed by atoms with Gasteiger partial charge in [-0.2, -0.15) is 0 Å². The van der Waals surface area contributed by atoms with Crippen LogP contribution in [0.15, 0.2) is 47.5 Å². The highest BCUT2D eigenvalue weighted by molar-refractivity contribution is 7.92. The summed E-state index contributed by atoms with van der Waals surface area (Å²) >= 11 is 0. The lowest BCUT2D eigenvalue weighted by Gasteiger charge is -2.09. The zero-order valence-corrected chi connectivity index (χ0v) is 13.7. The molecule has 2 aromatic rings. The first-order valence-electron chi connectivity index (χ1n) is 7.30. The van der Waals surface area contributed by atoms with E-state index in [0.29, 0.717) is 5.69 Å². The van der Waals surface area contributed by atoms with Gasteiger partial charge >= 0.3 is 0 Å². The van der Waals surface area contributed by atoms with Crippen molar-refractivity contribution in [2.45, 2.75) is 31.6 Å². The average molecular weight is 319 g/mol. The first-order valence-corrected chi connectivity index (χ1v) is 8.79. The van der Waals surface area contributed by atoms with Crippen LogP contribution in [0.1, 0.15) is 25.3 Å². The van der Waals surface area contributed by atoms with Gasteiger partial charge in [0, 0.05) is 6.54 Å². The predicted octanol–water partition coefficient (Wildman–Crippen LogP) is 3.40. The van der Waals surface area contributed by atoms with E-state index in [1.807, 2.05) is 6.92 Å². The van der Waals surface area contributed by atoms with Crippen molar-refractivity contribution in [2.24, 2.45) is 0 Å². The molecule has 6 heteroatoms. The van der Waals surface area contributed by atoms with E-state index < -0.39 is 10.0 Å². The highest BCUT2D eigenvalue weighted by atomic mass is 32.2. The Kier molecular flexibility index (Phi) is 5.38. The number of aromatic nitrogens is 1. The molecule has 0 saturated heterocycles. The molecule has 0 bridgehead atoms. The number of anilines is 2. The highest BCUT2D eigenvalue weighted by Crippen LogP contribution is 2.17. The van der Waals surface area contributed by atoms with Crippen LogP contribution < -0.4 is 10.0 Å². The Hall–Kier alpha value is -2.08. The van der Waals surface area contributed by atoms with E-state index in [0.717, 1.165) is 30.8 Å². The number of benzene rings is 1. The molecule has 0 spiro atoms. The maximum atomic E-state index is 12.3. The fourth-order valence-electron chi connectivity index (χ4n) is 1.88. The Morgan fingerprint density at radius 3 is 2.41 bits per heavy atom. The number of hydrogen-bond acceptors (Lipinski definition) is 4. The van der Waals surface area contributed by atoms with Gasteiger partial charge < -0.3 is 5.32 Å². The van der Waals surface area contributed by atoms with Gasteiger partial charge in [-0.15, -0.1) is 0 Å². The molecule has 2 rings (SSSR count). The first kappa shape index (κ1) is 16.3. The maximum absolute atomic E-state index is 12.3. The molecule has 0 radical (unpaired) electrons. The second-order valence-corrected chi connectivity index (χ2v) is 6.81. The third-order valence-electron chi connectivity index (χ3n) is 3.18. The molecule has 0 amide bonds. The third kappa shape index (κ3) is 4.46. The SMILES string of the molecule is CCCCNc1ccc(NS(=O)(=O)c2ccc(C)cc2)cn1. The van der Waals surface area contributed by atoms with Crippen LogP contribution in [0, 0.1) is 6.92 Å². The van der Waals surface area contributed by atoms with Crippen LogP contribution >= 0.6 is 0 Å². The number of aryl methyl sites for hydroxylation is 1. The van der Waals surface area contributed by atoms with E-state index >= 15 is 0 Å². The molecule has 0 aliphatic heterocycles.